The van der Waals surface area contributed by atoms with Crippen LogP contribution >= 0.6 is 34.5 Å². The lowest BCUT2D eigenvalue weighted by Crippen LogP contribution is -2.12. The molecule has 6 heteroatoms. The molecule has 0 spiro atoms. The Morgan fingerprint density at radius 2 is 1.74 bits per heavy atom. The first-order valence-corrected chi connectivity index (χ1v) is 8.45. The van der Waals surface area contributed by atoms with Gasteiger partial charge in [-0.3, -0.25) is 10.1 Å². The molecule has 2 aromatic carbocycles. The van der Waals surface area contributed by atoms with Gasteiger partial charge in [-0.05, 0) is 17.7 Å². The van der Waals surface area contributed by atoms with Gasteiger partial charge in [0.2, 0.25) is 0 Å². The van der Waals surface area contributed by atoms with Crippen LogP contribution in [0.5, 0.6) is 0 Å². The third-order valence-corrected chi connectivity index (χ3v) is 4.73. The van der Waals surface area contributed by atoms with Crippen LogP contribution in [0.2, 0.25) is 10.0 Å². The number of nitrogens with zero attached hydrogens (tertiary/aromatic N) is 1. The second-order valence-electron chi connectivity index (χ2n) is 4.84. The molecule has 1 N–H and O–H groups in total. The molecule has 3 nitrogen and oxygen atoms in total. The predicted molar refractivity (Wildman–Crippen MR) is 95.8 cm³/mol. The van der Waals surface area contributed by atoms with Crippen molar-refractivity contribution >= 4 is 45.6 Å². The fourth-order valence-corrected chi connectivity index (χ4v) is 3.53. The first-order chi connectivity index (χ1) is 11.1. The molecule has 1 aromatic heterocycles. The molecule has 0 saturated heterocycles. The van der Waals surface area contributed by atoms with Crippen LogP contribution in [-0.2, 0) is 6.42 Å². The van der Waals surface area contributed by atoms with Crippen LogP contribution in [0.3, 0.4) is 0 Å². The molecule has 0 bridgehead atoms. The summed E-state index contributed by atoms with van der Waals surface area (Å²) in [5.41, 5.74) is 1.46. The van der Waals surface area contributed by atoms with Crippen molar-refractivity contribution in [1.29, 1.82) is 0 Å². The van der Waals surface area contributed by atoms with Crippen molar-refractivity contribution in [3.8, 4) is 0 Å². The van der Waals surface area contributed by atoms with Crippen molar-refractivity contribution < 1.29 is 4.79 Å². The molecule has 1 heterocycles. The number of amides is 1. The average Bonchev–Trinajstić information content (AvgIpc) is 2.95. The van der Waals surface area contributed by atoms with Crippen LogP contribution in [0.25, 0.3) is 0 Å². The lowest BCUT2D eigenvalue weighted by Gasteiger charge is -2.05. The number of thiazole rings is 1. The van der Waals surface area contributed by atoms with Gasteiger partial charge in [0.1, 0.15) is 0 Å². The van der Waals surface area contributed by atoms with Crippen LogP contribution in [0, 0.1) is 0 Å². The van der Waals surface area contributed by atoms with Gasteiger partial charge in [-0.1, -0.05) is 59.6 Å². The topological polar surface area (TPSA) is 42.0 Å². The molecule has 1 amide bonds. The van der Waals surface area contributed by atoms with E-state index in [1.54, 1.807) is 24.4 Å². The van der Waals surface area contributed by atoms with Crippen molar-refractivity contribution in [3.63, 3.8) is 0 Å². The highest BCUT2D eigenvalue weighted by atomic mass is 35.5. The summed E-state index contributed by atoms with van der Waals surface area (Å²) in [5, 5.41) is 3.90. The maximum Gasteiger partial charge on any atom is 0.260 e. The van der Waals surface area contributed by atoms with E-state index in [1.165, 1.54) is 16.9 Å². The zero-order valence-electron chi connectivity index (χ0n) is 11.9. The summed E-state index contributed by atoms with van der Waals surface area (Å²) in [6.45, 7) is 0. The van der Waals surface area contributed by atoms with Crippen molar-refractivity contribution in [3.05, 3.63) is 80.8 Å². The Morgan fingerprint density at radius 1 is 1.04 bits per heavy atom. The van der Waals surface area contributed by atoms with Crippen molar-refractivity contribution in [1.82, 2.24) is 4.98 Å². The molecule has 0 atom stereocenters. The van der Waals surface area contributed by atoms with Gasteiger partial charge in [0.25, 0.3) is 5.91 Å². The number of benzene rings is 2. The molecular formula is C17H12Cl2N2OS. The summed E-state index contributed by atoms with van der Waals surface area (Å²) in [4.78, 5) is 17.6. The molecule has 0 aliphatic heterocycles. The molecule has 3 aromatic rings. The van der Waals surface area contributed by atoms with Gasteiger partial charge in [0.15, 0.2) is 5.13 Å². The Labute approximate surface area is 147 Å². The smallest absolute Gasteiger partial charge is 0.260 e. The molecule has 23 heavy (non-hydrogen) atoms. The van der Waals surface area contributed by atoms with Gasteiger partial charge in [-0.15, -0.1) is 11.3 Å². The van der Waals surface area contributed by atoms with Gasteiger partial charge >= 0.3 is 0 Å². The lowest BCUT2D eigenvalue weighted by atomic mass is 10.1. The second kappa shape index (κ2) is 7.13. The lowest BCUT2D eigenvalue weighted by molar-refractivity contribution is 0.102. The minimum Gasteiger partial charge on any atom is -0.298 e. The van der Waals surface area contributed by atoms with E-state index in [0.29, 0.717) is 15.2 Å². The summed E-state index contributed by atoms with van der Waals surface area (Å²) < 4.78 is 0. The summed E-state index contributed by atoms with van der Waals surface area (Å²) in [5.74, 6) is -0.360. The highest BCUT2D eigenvalue weighted by Crippen LogP contribution is 2.27. The standard InChI is InChI=1S/C17H12Cl2N2OS/c18-13-7-4-8-14(19)15(13)16(22)21-17-20-10-12(23-17)9-11-5-2-1-3-6-11/h1-8,10H,9H2,(H,20,21,22). The normalized spacial score (nSPS) is 10.5. The number of hydrogen-bond acceptors (Lipinski definition) is 3. The van der Waals surface area contributed by atoms with Gasteiger partial charge in [-0.25, -0.2) is 4.98 Å². The Morgan fingerprint density at radius 3 is 2.43 bits per heavy atom. The van der Waals surface area contributed by atoms with E-state index >= 15 is 0 Å². The SMILES string of the molecule is O=C(Nc1ncc(Cc2ccccc2)s1)c1c(Cl)cccc1Cl. The Kier molecular flexibility index (Phi) is 4.96. The van der Waals surface area contributed by atoms with E-state index in [0.717, 1.165) is 11.3 Å². The Hall–Kier alpha value is -1.88. The molecule has 0 saturated carbocycles. The van der Waals surface area contributed by atoms with Gasteiger partial charge in [-0.2, -0.15) is 0 Å². The van der Waals surface area contributed by atoms with E-state index in [1.807, 2.05) is 18.2 Å². The first-order valence-electron chi connectivity index (χ1n) is 6.87. The van der Waals surface area contributed by atoms with E-state index < -0.39 is 0 Å². The number of hydrogen-bond donors (Lipinski definition) is 1. The highest BCUT2D eigenvalue weighted by Gasteiger charge is 2.16. The number of carbonyl (C=O) groups is 1. The van der Waals surface area contributed by atoms with Crippen LogP contribution < -0.4 is 5.32 Å². The van der Waals surface area contributed by atoms with Crippen LogP contribution in [0.4, 0.5) is 5.13 Å². The fraction of sp³-hybridized carbons (Fsp3) is 0.0588. The number of anilines is 1. The molecule has 0 fully saturated rings. The van der Waals surface area contributed by atoms with Crippen molar-refractivity contribution in [2.75, 3.05) is 5.32 Å². The van der Waals surface area contributed by atoms with Gasteiger partial charge < -0.3 is 0 Å². The van der Waals surface area contributed by atoms with Gasteiger partial charge in [0.05, 0.1) is 15.6 Å². The molecular weight excluding hydrogens is 351 g/mol. The average molecular weight is 363 g/mol. The van der Waals surface area contributed by atoms with E-state index in [4.69, 9.17) is 23.2 Å². The zero-order chi connectivity index (χ0) is 16.2. The largest absolute Gasteiger partial charge is 0.298 e. The third-order valence-electron chi connectivity index (χ3n) is 3.19. The van der Waals surface area contributed by atoms with Crippen molar-refractivity contribution in [2.45, 2.75) is 6.42 Å². The van der Waals surface area contributed by atoms with Crippen molar-refractivity contribution in [2.24, 2.45) is 0 Å². The van der Waals surface area contributed by atoms with Gasteiger partial charge in [0, 0.05) is 17.5 Å². The zero-order valence-corrected chi connectivity index (χ0v) is 14.3. The Balaban J connectivity index is 1.73. The summed E-state index contributed by atoms with van der Waals surface area (Å²) >= 11 is 13.5. The van der Waals surface area contributed by atoms with Crippen LogP contribution in [0.1, 0.15) is 20.8 Å². The fourth-order valence-electron chi connectivity index (χ4n) is 2.12. The van der Waals surface area contributed by atoms with E-state index in [-0.39, 0.29) is 11.5 Å². The van der Waals surface area contributed by atoms with Crippen LogP contribution in [-0.4, -0.2) is 10.9 Å². The number of aromatic nitrogens is 1. The second-order valence-corrected chi connectivity index (χ2v) is 6.77. The number of halogens is 2. The van der Waals surface area contributed by atoms with Crippen LogP contribution in [0.15, 0.2) is 54.7 Å². The van der Waals surface area contributed by atoms with E-state index in [2.05, 4.69) is 22.4 Å². The molecule has 0 aliphatic rings. The molecule has 116 valence electrons. The maximum absolute atomic E-state index is 12.3. The highest BCUT2D eigenvalue weighted by molar-refractivity contribution is 7.15. The number of carbonyl (C=O) groups excluding carboxylic acids is 1. The molecule has 0 unspecified atom stereocenters. The quantitative estimate of drug-likeness (QED) is 0.684. The minimum absolute atomic E-state index is 0.260. The summed E-state index contributed by atoms with van der Waals surface area (Å²) in [7, 11) is 0. The molecule has 0 aliphatic carbocycles. The molecule has 0 radical (unpaired) electrons. The summed E-state index contributed by atoms with van der Waals surface area (Å²) in [6.07, 6.45) is 2.54. The maximum atomic E-state index is 12.3. The third kappa shape index (κ3) is 3.91. The monoisotopic (exact) mass is 362 g/mol. The molecule has 3 rings (SSSR count). The van der Waals surface area contributed by atoms with E-state index in [9.17, 15) is 4.79 Å². The number of rotatable bonds is 4. The number of nitrogens with one attached hydrogen (secondary N) is 1. The first kappa shape index (κ1) is 16.0. The summed E-state index contributed by atoms with van der Waals surface area (Å²) in [6, 6.07) is 15.0. The minimum atomic E-state index is -0.360. The Bertz CT molecular complexity index is 813. The predicted octanol–water partition coefficient (Wildman–Crippen LogP) is 5.29.